The second-order valence-corrected chi connectivity index (χ2v) is 2.29. The first kappa shape index (κ1) is 9.72. The summed E-state index contributed by atoms with van der Waals surface area (Å²) in [4.78, 5) is 9.92. The third kappa shape index (κ3) is 3.03. The zero-order valence-corrected chi connectivity index (χ0v) is 6.62. The molecule has 0 saturated carbocycles. The molecule has 0 bridgehead atoms. The van der Waals surface area contributed by atoms with Crippen molar-refractivity contribution >= 4 is 18.8 Å². The Morgan fingerprint density at radius 3 is 2.80 bits per heavy atom. The first-order chi connectivity index (χ1) is 4.43. The van der Waals surface area contributed by atoms with Crippen LogP contribution >= 0.6 is 12.4 Å². The summed E-state index contributed by atoms with van der Waals surface area (Å²) in [7, 11) is 0. The molecule has 4 heteroatoms. The minimum absolute atomic E-state index is 0. The standard InChI is InChI=1S/C6H12N2O.ClH/c9-5-8-6-3-1-2-4-7-6;/h5-7H,1-4H2,(H,8,9);1H. The lowest BCUT2D eigenvalue weighted by Crippen LogP contribution is -2.44. The van der Waals surface area contributed by atoms with Crippen molar-refractivity contribution in [2.75, 3.05) is 6.54 Å². The number of amides is 1. The average Bonchev–Trinajstić information content (AvgIpc) is 1.91. The predicted octanol–water partition coefficient (Wildman–Crippen LogP) is 0.254. The Labute approximate surface area is 67.0 Å². The number of piperidine rings is 1. The van der Waals surface area contributed by atoms with Crippen molar-refractivity contribution in [2.45, 2.75) is 25.4 Å². The molecule has 1 amide bonds. The van der Waals surface area contributed by atoms with Crippen LogP contribution in [0.5, 0.6) is 0 Å². The predicted molar refractivity (Wildman–Crippen MR) is 42.1 cm³/mol. The molecule has 3 nitrogen and oxygen atoms in total. The van der Waals surface area contributed by atoms with E-state index >= 15 is 0 Å². The molecule has 1 unspecified atom stereocenters. The van der Waals surface area contributed by atoms with E-state index in [4.69, 9.17) is 0 Å². The molecule has 60 valence electrons. The van der Waals surface area contributed by atoms with Gasteiger partial charge in [-0.25, -0.2) is 0 Å². The van der Waals surface area contributed by atoms with E-state index in [0.29, 0.717) is 0 Å². The lowest BCUT2D eigenvalue weighted by atomic mass is 10.1. The summed E-state index contributed by atoms with van der Waals surface area (Å²) in [5.74, 6) is 0. The monoisotopic (exact) mass is 164 g/mol. The lowest BCUT2D eigenvalue weighted by molar-refractivity contribution is -0.110. The fourth-order valence-electron chi connectivity index (χ4n) is 1.08. The topological polar surface area (TPSA) is 41.1 Å². The van der Waals surface area contributed by atoms with Gasteiger partial charge in [0.2, 0.25) is 6.41 Å². The van der Waals surface area contributed by atoms with Gasteiger partial charge in [0.05, 0.1) is 6.17 Å². The molecule has 0 spiro atoms. The van der Waals surface area contributed by atoms with Crippen LogP contribution in [0, 0.1) is 0 Å². The number of halogens is 1. The van der Waals surface area contributed by atoms with Crippen molar-refractivity contribution in [2.24, 2.45) is 0 Å². The van der Waals surface area contributed by atoms with Gasteiger partial charge in [-0.3, -0.25) is 10.1 Å². The zero-order valence-electron chi connectivity index (χ0n) is 5.80. The minimum atomic E-state index is 0. The second-order valence-electron chi connectivity index (χ2n) is 2.29. The van der Waals surface area contributed by atoms with Crippen LogP contribution in [0.2, 0.25) is 0 Å². The van der Waals surface area contributed by atoms with Crippen LogP contribution in [-0.2, 0) is 4.79 Å². The Bertz CT molecular complexity index is 93.7. The fraction of sp³-hybridized carbons (Fsp3) is 0.833. The highest BCUT2D eigenvalue weighted by molar-refractivity contribution is 5.85. The molecular formula is C6H13ClN2O. The third-order valence-electron chi connectivity index (χ3n) is 1.58. The maximum Gasteiger partial charge on any atom is 0.208 e. The highest BCUT2D eigenvalue weighted by atomic mass is 35.5. The van der Waals surface area contributed by atoms with Crippen LogP contribution < -0.4 is 10.6 Å². The number of nitrogens with one attached hydrogen (secondary N) is 2. The van der Waals surface area contributed by atoms with Crippen LogP contribution in [0.4, 0.5) is 0 Å². The molecule has 1 aliphatic rings. The largest absolute Gasteiger partial charge is 0.343 e. The molecule has 0 radical (unpaired) electrons. The van der Waals surface area contributed by atoms with Crippen molar-refractivity contribution < 1.29 is 4.79 Å². The summed E-state index contributed by atoms with van der Waals surface area (Å²) in [5.41, 5.74) is 0. The van der Waals surface area contributed by atoms with Crippen molar-refractivity contribution in [3.05, 3.63) is 0 Å². The average molecular weight is 165 g/mol. The Hall–Kier alpha value is -0.280. The van der Waals surface area contributed by atoms with Gasteiger partial charge >= 0.3 is 0 Å². The van der Waals surface area contributed by atoms with Gasteiger partial charge in [-0.05, 0) is 25.8 Å². The number of hydrogen-bond acceptors (Lipinski definition) is 2. The molecule has 0 aromatic rings. The van der Waals surface area contributed by atoms with Gasteiger partial charge in [0, 0.05) is 0 Å². The summed E-state index contributed by atoms with van der Waals surface area (Å²) in [6, 6.07) is 0. The molecule has 1 rings (SSSR count). The Morgan fingerprint density at radius 2 is 2.30 bits per heavy atom. The number of carbonyl (C=O) groups is 1. The highest BCUT2D eigenvalue weighted by Crippen LogP contribution is 2.02. The normalized spacial score (nSPS) is 24.6. The molecule has 0 aromatic carbocycles. The Morgan fingerprint density at radius 1 is 1.50 bits per heavy atom. The van der Waals surface area contributed by atoms with Crippen LogP contribution in [-0.4, -0.2) is 19.1 Å². The number of hydrogen-bond donors (Lipinski definition) is 2. The van der Waals surface area contributed by atoms with E-state index in [9.17, 15) is 4.79 Å². The molecule has 1 aliphatic heterocycles. The molecule has 0 aliphatic carbocycles. The van der Waals surface area contributed by atoms with Crippen molar-refractivity contribution in [3.63, 3.8) is 0 Å². The van der Waals surface area contributed by atoms with Crippen LogP contribution in [0.15, 0.2) is 0 Å². The van der Waals surface area contributed by atoms with Gasteiger partial charge in [0.25, 0.3) is 0 Å². The van der Waals surface area contributed by atoms with Crippen LogP contribution in [0.1, 0.15) is 19.3 Å². The van der Waals surface area contributed by atoms with Gasteiger partial charge in [-0.1, -0.05) is 0 Å². The molecule has 10 heavy (non-hydrogen) atoms. The fourth-order valence-corrected chi connectivity index (χ4v) is 1.08. The van der Waals surface area contributed by atoms with E-state index < -0.39 is 0 Å². The summed E-state index contributed by atoms with van der Waals surface area (Å²) in [5, 5.41) is 5.87. The molecule has 1 heterocycles. The molecule has 2 N–H and O–H groups in total. The molecule has 1 saturated heterocycles. The van der Waals surface area contributed by atoms with Crippen molar-refractivity contribution in [1.29, 1.82) is 0 Å². The number of rotatable bonds is 2. The molecular weight excluding hydrogens is 152 g/mol. The summed E-state index contributed by atoms with van der Waals surface area (Å²) < 4.78 is 0. The van der Waals surface area contributed by atoms with Crippen LogP contribution in [0.25, 0.3) is 0 Å². The highest BCUT2D eigenvalue weighted by Gasteiger charge is 2.09. The summed E-state index contributed by atoms with van der Waals surface area (Å²) in [6.45, 7) is 1.03. The van der Waals surface area contributed by atoms with E-state index in [1.807, 2.05) is 0 Å². The van der Waals surface area contributed by atoms with E-state index in [0.717, 1.165) is 19.4 Å². The van der Waals surface area contributed by atoms with E-state index in [2.05, 4.69) is 10.6 Å². The lowest BCUT2D eigenvalue weighted by Gasteiger charge is -2.22. The SMILES string of the molecule is Cl.O=CNC1CCCCN1. The van der Waals surface area contributed by atoms with Crippen molar-refractivity contribution in [1.82, 2.24) is 10.6 Å². The summed E-state index contributed by atoms with van der Waals surface area (Å²) in [6.07, 6.45) is 4.51. The van der Waals surface area contributed by atoms with E-state index in [1.54, 1.807) is 0 Å². The van der Waals surface area contributed by atoms with Gasteiger partial charge in [0.15, 0.2) is 0 Å². The maximum absolute atomic E-state index is 9.92. The number of carbonyl (C=O) groups excluding carboxylic acids is 1. The zero-order chi connectivity index (χ0) is 6.53. The summed E-state index contributed by atoms with van der Waals surface area (Å²) >= 11 is 0. The van der Waals surface area contributed by atoms with Gasteiger partial charge in [0.1, 0.15) is 0 Å². The molecule has 1 atom stereocenters. The molecule has 1 fully saturated rings. The third-order valence-corrected chi connectivity index (χ3v) is 1.58. The second kappa shape index (κ2) is 5.50. The van der Waals surface area contributed by atoms with Gasteiger partial charge in [-0.2, -0.15) is 0 Å². The Kier molecular flexibility index (Phi) is 5.35. The quantitative estimate of drug-likeness (QED) is 0.575. The maximum atomic E-state index is 9.92. The van der Waals surface area contributed by atoms with Crippen molar-refractivity contribution in [3.8, 4) is 0 Å². The molecule has 0 aromatic heterocycles. The van der Waals surface area contributed by atoms with E-state index in [-0.39, 0.29) is 18.6 Å². The minimum Gasteiger partial charge on any atom is -0.343 e. The van der Waals surface area contributed by atoms with Gasteiger partial charge in [-0.15, -0.1) is 12.4 Å². The smallest absolute Gasteiger partial charge is 0.208 e. The first-order valence-corrected chi connectivity index (χ1v) is 3.36. The first-order valence-electron chi connectivity index (χ1n) is 3.36. The van der Waals surface area contributed by atoms with E-state index in [1.165, 1.54) is 12.8 Å². The van der Waals surface area contributed by atoms with Gasteiger partial charge < -0.3 is 5.32 Å². The Balaban J connectivity index is 0.000000810. The van der Waals surface area contributed by atoms with Crippen LogP contribution in [0.3, 0.4) is 0 Å².